The number of carbonyl (C=O) groups is 1. The highest BCUT2D eigenvalue weighted by Gasteiger charge is 2.43. The molecule has 1 fully saturated rings. The van der Waals surface area contributed by atoms with Gasteiger partial charge in [-0.3, -0.25) is 4.79 Å². The van der Waals surface area contributed by atoms with Crippen LogP contribution in [0, 0.1) is 5.82 Å². The third-order valence-electron chi connectivity index (χ3n) is 6.55. The molecule has 1 saturated heterocycles. The van der Waals surface area contributed by atoms with Gasteiger partial charge in [0.1, 0.15) is 5.82 Å². The second-order valence-electron chi connectivity index (χ2n) is 8.19. The number of rotatable bonds is 6. The Labute approximate surface area is 191 Å². The summed E-state index contributed by atoms with van der Waals surface area (Å²) in [5.74, 6) is -0.189. The summed E-state index contributed by atoms with van der Waals surface area (Å²) in [4.78, 5) is 17.3. The summed E-state index contributed by atoms with van der Waals surface area (Å²) in [6.45, 7) is 7.59. The molecule has 0 N–H and O–H groups in total. The normalized spacial score (nSPS) is 17.2. The van der Waals surface area contributed by atoms with Crippen LogP contribution in [0.5, 0.6) is 0 Å². The minimum atomic E-state index is -0.297. The minimum absolute atomic E-state index is 0. The highest BCUT2D eigenvalue weighted by molar-refractivity contribution is 5.95. The van der Waals surface area contributed by atoms with Crippen LogP contribution in [0.25, 0.3) is 0 Å². The van der Waals surface area contributed by atoms with E-state index in [9.17, 15) is 9.18 Å². The second kappa shape index (κ2) is 10.6. The van der Waals surface area contributed by atoms with E-state index >= 15 is 0 Å². The molecule has 0 radical (unpaired) electrons. The number of nitrogens with zero attached hydrogens (tertiary/aromatic N) is 2. The van der Waals surface area contributed by atoms with Gasteiger partial charge in [-0.05, 0) is 81.7 Å². The van der Waals surface area contributed by atoms with E-state index in [4.69, 9.17) is 0 Å². The van der Waals surface area contributed by atoms with Crippen LogP contribution >= 0.6 is 24.8 Å². The number of para-hydroxylation sites is 1. The number of carbonyl (C=O) groups excluding carboxylic acids is 1. The number of halogens is 3. The van der Waals surface area contributed by atoms with Gasteiger partial charge in [-0.2, -0.15) is 0 Å². The van der Waals surface area contributed by atoms with Crippen LogP contribution in [0.3, 0.4) is 0 Å². The summed E-state index contributed by atoms with van der Waals surface area (Å²) in [6, 6.07) is 14.8. The lowest BCUT2D eigenvalue weighted by atomic mass is 9.74. The van der Waals surface area contributed by atoms with Gasteiger partial charge in [0.25, 0.3) is 0 Å². The van der Waals surface area contributed by atoms with Gasteiger partial charge in [0.05, 0.1) is 0 Å². The Kier molecular flexibility index (Phi) is 8.72. The van der Waals surface area contributed by atoms with Gasteiger partial charge in [-0.1, -0.05) is 18.2 Å². The predicted octanol–water partition coefficient (Wildman–Crippen LogP) is 5.51. The number of hydrogen-bond donors (Lipinski definition) is 0. The molecule has 0 aromatic heterocycles. The van der Waals surface area contributed by atoms with Crippen molar-refractivity contribution in [2.24, 2.45) is 0 Å². The summed E-state index contributed by atoms with van der Waals surface area (Å²) in [5, 5.41) is 0. The molecular weight excluding hydrogens is 422 g/mol. The van der Waals surface area contributed by atoms with E-state index in [0.717, 1.165) is 39.1 Å². The first-order valence-electron chi connectivity index (χ1n) is 10.5. The molecule has 6 heteroatoms. The molecule has 2 heterocycles. The molecule has 30 heavy (non-hydrogen) atoms. The summed E-state index contributed by atoms with van der Waals surface area (Å²) >= 11 is 0. The zero-order valence-corrected chi connectivity index (χ0v) is 19.1. The number of hydrogen-bond acceptors (Lipinski definition) is 3. The number of benzene rings is 2. The van der Waals surface area contributed by atoms with E-state index in [2.05, 4.69) is 41.0 Å². The van der Waals surface area contributed by atoms with Crippen LogP contribution in [0.15, 0.2) is 48.5 Å². The van der Waals surface area contributed by atoms with E-state index in [1.807, 2.05) is 0 Å². The predicted molar refractivity (Wildman–Crippen MR) is 126 cm³/mol. The van der Waals surface area contributed by atoms with Gasteiger partial charge in [0, 0.05) is 36.2 Å². The zero-order valence-electron chi connectivity index (χ0n) is 17.5. The lowest BCUT2D eigenvalue weighted by Crippen LogP contribution is -2.45. The molecule has 4 rings (SSSR count). The molecule has 3 nitrogen and oxygen atoms in total. The van der Waals surface area contributed by atoms with Crippen molar-refractivity contribution in [1.82, 2.24) is 4.90 Å². The summed E-state index contributed by atoms with van der Waals surface area (Å²) in [7, 11) is 0. The van der Waals surface area contributed by atoms with E-state index < -0.39 is 0 Å². The maximum absolute atomic E-state index is 13.0. The first-order chi connectivity index (χ1) is 13.6. The Morgan fingerprint density at radius 1 is 1.03 bits per heavy atom. The van der Waals surface area contributed by atoms with Crippen molar-refractivity contribution >= 4 is 36.3 Å². The van der Waals surface area contributed by atoms with Crippen molar-refractivity contribution in [3.63, 3.8) is 0 Å². The van der Waals surface area contributed by atoms with Gasteiger partial charge in [-0.15, -0.1) is 24.8 Å². The first kappa shape index (κ1) is 24.6. The van der Waals surface area contributed by atoms with Gasteiger partial charge in [0.15, 0.2) is 5.78 Å². The summed E-state index contributed by atoms with van der Waals surface area (Å²) in [6.07, 6.45) is 3.76. The van der Waals surface area contributed by atoms with Crippen LogP contribution in [-0.4, -0.2) is 43.4 Å². The standard InChI is InChI=1S/C24H29FN2O.2ClH/c1-2-27-18-24(21-6-3-4-7-22(21)27)13-16-26(17-14-24)15-5-8-23(28)19-9-11-20(25)12-10-19;;/h3-4,6-7,9-12H,2,5,8,13-18H2,1H3;2*1H. The van der Waals surface area contributed by atoms with Crippen molar-refractivity contribution in [2.45, 2.75) is 38.0 Å². The van der Waals surface area contributed by atoms with Gasteiger partial charge in [-0.25, -0.2) is 4.39 Å². The van der Waals surface area contributed by atoms with Crippen molar-refractivity contribution < 1.29 is 9.18 Å². The largest absolute Gasteiger partial charge is 0.371 e. The number of ketones is 1. The average molecular weight is 453 g/mol. The van der Waals surface area contributed by atoms with Gasteiger partial charge in [0.2, 0.25) is 0 Å². The second-order valence-corrected chi connectivity index (χ2v) is 8.19. The Morgan fingerprint density at radius 3 is 2.37 bits per heavy atom. The number of likely N-dealkylation sites (tertiary alicyclic amines) is 1. The van der Waals surface area contributed by atoms with Crippen molar-refractivity contribution in [1.29, 1.82) is 0 Å². The number of Topliss-reactive ketones (excluding diaryl/α,β-unsaturated/α-hetero) is 1. The number of piperidine rings is 1. The number of fused-ring (bicyclic) bond motifs is 2. The fourth-order valence-electron chi connectivity index (χ4n) is 4.89. The molecule has 164 valence electrons. The van der Waals surface area contributed by atoms with Gasteiger partial charge < -0.3 is 9.80 Å². The van der Waals surface area contributed by atoms with E-state index in [0.29, 0.717) is 17.4 Å². The molecule has 2 aromatic carbocycles. The molecule has 0 saturated carbocycles. The lowest BCUT2D eigenvalue weighted by molar-refractivity contribution is 0.0968. The van der Waals surface area contributed by atoms with E-state index in [-0.39, 0.29) is 36.4 Å². The third kappa shape index (κ3) is 4.99. The molecule has 2 aliphatic rings. The van der Waals surface area contributed by atoms with Crippen LogP contribution in [0.2, 0.25) is 0 Å². The Bertz CT molecular complexity index is 835. The molecule has 0 amide bonds. The molecule has 1 spiro atoms. The van der Waals surface area contributed by atoms with Crippen LogP contribution < -0.4 is 4.90 Å². The van der Waals surface area contributed by atoms with Crippen LogP contribution in [0.4, 0.5) is 10.1 Å². The highest BCUT2D eigenvalue weighted by atomic mass is 35.5. The lowest BCUT2D eigenvalue weighted by Gasteiger charge is -2.40. The van der Waals surface area contributed by atoms with Crippen molar-refractivity contribution in [3.05, 3.63) is 65.5 Å². The third-order valence-corrected chi connectivity index (χ3v) is 6.55. The van der Waals surface area contributed by atoms with Crippen molar-refractivity contribution in [3.8, 4) is 0 Å². The maximum atomic E-state index is 13.0. The number of anilines is 1. The fourth-order valence-corrected chi connectivity index (χ4v) is 4.89. The minimum Gasteiger partial charge on any atom is -0.371 e. The van der Waals surface area contributed by atoms with E-state index in [1.165, 1.54) is 36.2 Å². The van der Waals surface area contributed by atoms with Crippen molar-refractivity contribution in [2.75, 3.05) is 37.6 Å². The highest BCUT2D eigenvalue weighted by Crippen LogP contribution is 2.46. The zero-order chi connectivity index (χ0) is 19.6. The Hall–Kier alpha value is -1.62. The SMILES string of the molecule is CCN1CC2(CCN(CCCC(=O)c3ccc(F)cc3)CC2)c2ccccc21.Cl.Cl. The molecule has 0 atom stereocenters. The quantitative estimate of drug-likeness (QED) is 0.540. The smallest absolute Gasteiger partial charge is 0.162 e. The number of likely N-dealkylation sites (N-methyl/N-ethyl adjacent to an activating group) is 1. The van der Waals surface area contributed by atoms with Crippen LogP contribution in [-0.2, 0) is 5.41 Å². The summed E-state index contributed by atoms with van der Waals surface area (Å²) in [5.41, 5.74) is 3.86. The Balaban J connectivity index is 0.00000160. The topological polar surface area (TPSA) is 23.6 Å². The molecule has 0 unspecified atom stereocenters. The molecule has 0 bridgehead atoms. The van der Waals surface area contributed by atoms with Gasteiger partial charge >= 0.3 is 0 Å². The summed E-state index contributed by atoms with van der Waals surface area (Å²) < 4.78 is 13.0. The molecular formula is C24H31Cl2FN2O. The molecule has 0 aliphatic carbocycles. The average Bonchev–Trinajstić information content (AvgIpc) is 3.04. The van der Waals surface area contributed by atoms with Crippen LogP contribution in [0.1, 0.15) is 48.5 Å². The monoisotopic (exact) mass is 452 g/mol. The molecule has 2 aromatic rings. The fraction of sp³-hybridized carbons (Fsp3) is 0.458. The van der Waals surface area contributed by atoms with E-state index in [1.54, 1.807) is 12.1 Å². The Morgan fingerprint density at radius 2 is 1.70 bits per heavy atom. The molecule has 2 aliphatic heterocycles. The first-order valence-corrected chi connectivity index (χ1v) is 10.5. The maximum Gasteiger partial charge on any atom is 0.162 e.